The molecule has 2 aliphatic rings. The van der Waals surface area contributed by atoms with E-state index in [9.17, 15) is 14.0 Å². The van der Waals surface area contributed by atoms with Crippen LogP contribution in [0.25, 0.3) is 0 Å². The predicted octanol–water partition coefficient (Wildman–Crippen LogP) is 2.77. The van der Waals surface area contributed by atoms with Crippen molar-refractivity contribution in [2.75, 3.05) is 38.1 Å². The average molecular weight is 395 g/mol. The summed E-state index contributed by atoms with van der Waals surface area (Å²) in [7, 11) is 1.80. The first-order valence-corrected chi connectivity index (χ1v) is 10.1. The van der Waals surface area contributed by atoms with Gasteiger partial charge in [-0.2, -0.15) is 0 Å². The lowest BCUT2D eigenvalue weighted by molar-refractivity contribution is -0.137. The highest BCUT2D eigenvalue weighted by Gasteiger charge is 2.50. The fourth-order valence-corrected chi connectivity index (χ4v) is 4.03. The van der Waals surface area contributed by atoms with E-state index in [-0.39, 0.29) is 29.5 Å². The standard InChI is InChI=1S/C23H26FN3O2/c1-25(16-17-5-3-2-4-6-17)22(28)20-15-21(20)23(29)27-13-11-26(12-14-27)19-9-7-18(24)8-10-19/h2-10,20-21H,11-16H2,1H3. The van der Waals surface area contributed by atoms with Crippen LogP contribution >= 0.6 is 0 Å². The zero-order valence-electron chi connectivity index (χ0n) is 16.6. The Bertz CT molecular complexity index is 863. The van der Waals surface area contributed by atoms with Gasteiger partial charge in [0.25, 0.3) is 0 Å². The average Bonchev–Trinajstić information content (AvgIpc) is 3.55. The molecule has 1 saturated carbocycles. The molecule has 29 heavy (non-hydrogen) atoms. The topological polar surface area (TPSA) is 43.9 Å². The Morgan fingerprint density at radius 2 is 1.62 bits per heavy atom. The molecule has 2 aromatic carbocycles. The van der Waals surface area contributed by atoms with Gasteiger partial charge in [0.2, 0.25) is 11.8 Å². The van der Waals surface area contributed by atoms with Crippen LogP contribution < -0.4 is 4.90 Å². The van der Waals surface area contributed by atoms with Gasteiger partial charge in [-0.05, 0) is 36.2 Å². The number of benzene rings is 2. The molecule has 0 spiro atoms. The largest absolute Gasteiger partial charge is 0.368 e. The van der Waals surface area contributed by atoms with Crippen molar-refractivity contribution in [1.82, 2.24) is 9.80 Å². The summed E-state index contributed by atoms with van der Waals surface area (Å²) in [5.41, 5.74) is 2.06. The molecule has 2 amide bonds. The summed E-state index contributed by atoms with van der Waals surface area (Å²) in [5, 5.41) is 0. The van der Waals surface area contributed by atoms with Crippen molar-refractivity contribution in [2.45, 2.75) is 13.0 Å². The van der Waals surface area contributed by atoms with Crippen LogP contribution in [0.4, 0.5) is 10.1 Å². The number of hydrogen-bond acceptors (Lipinski definition) is 3. The molecule has 1 aliphatic carbocycles. The molecule has 152 valence electrons. The summed E-state index contributed by atoms with van der Waals surface area (Å²) < 4.78 is 13.1. The van der Waals surface area contributed by atoms with Gasteiger partial charge < -0.3 is 14.7 Å². The molecule has 2 aromatic rings. The van der Waals surface area contributed by atoms with Crippen molar-refractivity contribution in [3.63, 3.8) is 0 Å². The van der Waals surface area contributed by atoms with E-state index in [1.807, 2.05) is 35.2 Å². The molecule has 5 nitrogen and oxygen atoms in total. The van der Waals surface area contributed by atoms with E-state index in [0.29, 0.717) is 26.1 Å². The molecule has 2 atom stereocenters. The van der Waals surface area contributed by atoms with Crippen LogP contribution in [0.15, 0.2) is 54.6 Å². The lowest BCUT2D eigenvalue weighted by Gasteiger charge is -2.36. The predicted molar refractivity (Wildman–Crippen MR) is 110 cm³/mol. The number of amides is 2. The highest BCUT2D eigenvalue weighted by atomic mass is 19.1. The molecular weight excluding hydrogens is 369 g/mol. The zero-order chi connectivity index (χ0) is 20.4. The normalized spacial score (nSPS) is 21.0. The molecule has 2 unspecified atom stereocenters. The van der Waals surface area contributed by atoms with Gasteiger partial charge in [-0.3, -0.25) is 9.59 Å². The van der Waals surface area contributed by atoms with Crippen molar-refractivity contribution >= 4 is 17.5 Å². The van der Waals surface area contributed by atoms with Crippen LogP contribution in [0, 0.1) is 17.7 Å². The minimum absolute atomic E-state index is 0.0529. The van der Waals surface area contributed by atoms with Gasteiger partial charge in [0.1, 0.15) is 5.82 Å². The smallest absolute Gasteiger partial charge is 0.226 e. The number of carbonyl (C=O) groups is 2. The Morgan fingerprint density at radius 3 is 2.28 bits per heavy atom. The van der Waals surface area contributed by atoms with E-state index in [1.54, 1.807) is 24.1 Å². The minimum Gasteiger partial charge on any atom is -0.368 e. The maximum atomic E-state index is 13.1. The molecular formula is C23H26FN3O2. The van der Waals surface area contributed by atoms with Crippen molar-refractivity contribution in [2.24, 2.45) is 11.8 Å². The Balaban J connectivity index is 1.27. The number of halogens is 1. The quantitative estimate of drug-likeness (QED) is 0.782. The van der Waals surface area contributed by atoms with E-state index in [0.717, 1.165) is 24.3 Å². The molecule has 0 bridgehead atoms. The van der Waals surface area contributed by atoms with Crippen molar-refractivity contribution in [3.05, 3.63) is 66.0 Å². The summed E-state index contributed by atoms with van der Waals surface area (Å²) in [6.07, 6.45) is 0.648. The number of nitrogens with zero attached hydrogens (tertiary/aromatic N) is 3. The van der Waals surface area contributed by atoms with Crippen LogP contribution in [0.1, 0.15) is 12.0 Å². The first-order chi connectivity index (χ1) is 14.0. The molecule has 1 heterocycles. The van der Waals surface area contributed by atoms with Gasteiger partial charge in [-0.25, -0.2) is 4.39 Å². The summed E-state index contributed by atoms with van der Waals surface area (Å²) >= 11 is 0. The first kappa shape index (κ1) is 19.4. The van der Waals surface area contributed by atoms with Crippen LogP contribution in [0.3, 0.4) is 0 Å². The maximum absolute atomic E-state index is 13.1. The second kappa shape index (κ2) is 8.23. The van der Waals surface area contributed by atoms with Gasteiger partial charge in [-0.1, -0.05) is 30.3 Å². The lowest BCUT2D eigenvalue weighted by Crippen LogP contribution is -2.49. The molecule has 2 fully saturated rings. The Morgan fingerprint density at radius 1 is 0.966 bits per heavy atom. The summed E-state index contributed by atoms with van der Waals surface area (Å²) in [5.74, 6) is -0.471. The third-order valence-electron chi connectivity index (χ3n) is 5.85. The van der Waals surface area contributed by atoms with Crippen molar-refractivity contribution in [3.8, 4) is 0 Å². The molecule has 0 N–H and O–H groups in total. The number of anilines is 1. The van der Waals surface area contributed by atoms with E-state index >= 15 is 0 Å². The van der Waals surface area contributed by atoms with E-state index < -0.39 is 0 Å². The third-order valence-corrected chi connectivity index (χ3v) is 5.85. The fourth-order valence-electron chi connectivity index (χ4n) is 4.03. The van der Waals surface area contributed by atoms with Crippen LogP contribution in [-0.2, 0) is 16.1 Å². The lowest BCUT2D eigenvalue weighted by atomic mass is 10.2. The van der Waals surface area contributed by atoms with Crippen LogP contribution in [0.2, 0.25) is 0 Å². The Kier molecular flexibility index (Phi) is 5.51. The number of piperazine rings is 1. The number of rotatable bonds is 5. The molecule has 4 rings (SSSR count). The Labute approximate surface area is 170 Å². The summed E-state index contributed by atoms with van der Waals surface area (Å²) in [6.45, 7) is 3.27. The van der Waals surface area contributed by atoms with Crippen molar-refractivity contribution in [1.29, 1.82) is 0 Å². The van der Waals surface area contributed by atoms with Gasteiger partial charge in [0, 0.05) is 45.5 Å². The van der Waals surface area contributed by atoms with E-state index in [1.165, 1.54) is 12.1 Å². The zero-order valence-corrected chi connectivity index (χ0v) is 16.6. The molecule has 1 saturated heterocycles. The fraction of sp³-hybridized carbons (Fsp3) is 0.391. The monoisotopic (exact) mass is 395 g/mol. The van der Waals surface area contributed by atoms with E-state index in [2.05, 4.69) is 4.90 Å². The van der Waals surface area contributed by atoms with Gasteiger partial charge >= 0.3 is 0 Å². The van der Waals surface area contributed by atoms with Gasteiger partial charge in [0.15, 0.2) is 0 Å². The van der Waals surface area contributed by atoms with Crippen LogP contribution in [-0.4, -0.2) is 54.8 Å². The maximum Gasteiger partial charge on any atom is 0.226 e. The minimum atomic E-state index is -0.246. The number of hydrogen-bond donors (Lipinski definition) is 0. The van der Waals surface area contributed by atoms with E-state index in [4.69, 9.17) is 0 Å². The molecule has 1 aliphatic heterocycles. The second-order valence-electron chi connectivity index (χ2n) is 7.92. The number of carbonyl (C=O) groups excluding carboxylic acids is 2. The molecule has 6 heteroatoms. The third kappa shape index (κ3) is 4.42. The van der Waals surface area contributed by atoms with Crippen molar-refractivity contribution < 1.29 is 14.0 Å². The Hall–Kier alpha value is -2.89. The van der Waals surface area contributed by atoms with Gasteiger partial charge in [-0.15, -0.1) is 0 Å². The summed E-state index contributed by atoms with van der Waals surface area (Å²) in [6, 6.07) is 16.3. The highest BCUT2D eigenvalue weighted by Crippen LogP contribution is 2.41. The van der Waals surface area contributed by atoms with Crippen LogP contribution in [0.5, 0.6) is 0 Å². The molecule has 0 aromatic heterocycles. The first-order valence-electron chi connectivity index (χ1n) is 10.1. The second-order valence-corrected chi connectivity index (χ2v) is 7.92. The highest BCUT2D eigenvalue weighted by molar-refractivity contribution is 5.92. The van der Waals surface area contributed by atoms with Gasteiger partial charge in [0.05, 0.1) is 11.8 Å². The molecule has 0 radical (unpaired) electrons. The SMILES string of the molecule is CN(Cc1ccccc1)C(=O)C1CC1C(=O)N1CCN(c2ccc(F)cc2)CC1. The summed E-state index contributed by atoms with van der Waals surface area (Å²) in [4.78, 5) is 31.3.